The summed E-state index contributed by atoms with van der Waals surface area (Å²) in [7, 11) is -3.06. The molecule has 10 heteroatoms. The third kappa shape index (κ3) is 5.73. The van der Waals surface area contributed by atoms with E-state index in [0.29, 0.717) is 30.4 Å². The van der Waals surface area contributed by atoms with Gasteiger partial charge in [0.2, 0.25) is 0 Å². The number of rotatable bonds is 6. The largest absolute Gasteiger partial charge is 0.435 e. The lowest BCUT2D eigenvalue weighted by atomic mass is 10.2. The first-order valence-electron chi connectivity index (χ1n) is 8.77. The molecule has 0 bridgehead atoms. The van der Waals surface area contributed by atoms with Crippen molar-refractivity contribution >= 4 is 32.9 Å². The molecule has 1 N–H and O–H groups in total. The normalized spacial score (nSPS) is 24.1. The van der Waals surface area contributed by atoms with Gasteiger partial charge in [0, 0.05) is 24.9 Å². The van der Waals surface area contributed by atoms with Crippen LogP contribution in [0.2, 0.25) is 0 Å². The topological polar surface area (TPSA) is 67.9 Å². The second-order valence-corrected chi connectivity index (χ2v) is 9.29. The van der Waals surface area contributed by atoms with Crippen LogP contribution in [0.4, 0.5) is 14.5 Å². The van der Waals surface area contributed by atoms with Gasteiger partial charge < -0.3 is 19.7 Å². The number of ether oxygens (including phenoxy) is 2. The number of sulfone groups is 1. The van der Waals surface area contributed by atoms with Gasteiger partial charge in [-0.3, -0.25) is 0 Å². The molecule has 0 saturated carbocycles. The Morgan fingerprint density at radius 1 is 1.33 bits per heavy atom. The van der Waals surface area contributed by atoms with Crippen molar-refractivity contribution in [3.8, 4) is 5.75 Å². The third-order valence-corrected chi connectivity index (χ3v) is 6.75. The molecule has 0 amide bonds. The van der Waals surface area contributed by atoms with E-state index >= 15 is 0 Å². The summed E-state index contributed by atoms with van der Waals surface area (Å²) in [5, 5.41) is 3.46. The SMILES string of the molecule is O=S1(=O)CC[C@H](N(C[C@@H]2CCCO2)C(=S)Nc2ccc(OC(F)F)cc2)C1. The van der Waals surface area contributed by atoms with Gasteiger partial charge in [0.15, 0.2) is 14.9 Å². The summed E-state index contributed by atoms with van der Waals surface area (Å²) in [5.74, 6) is 0.282. The molecule has 3 rings (SSSR count). The minimum atomic E-state index is -3.06. The maximum Gasteiger partial charge on any atom is 0.387 e. The van der Waals surface area contributed by atoms with Crippen molar-refractivity contribution in [3.05, 3.63) is 24.3 Å². The van der Waals surface area contributed by atoms with E-state index in [1.54, 1.807) is 12.1 Å². The van der Waals surface area contributed by atoms with E-state index in [9.17, 15) is 17.2 Å². The fourth-order valence-corrected chi connectivity index (χ4v) is 5.41. The van der Waals surface area contributed by atoms with Crippen molar-refractivity contribution in [2.24, 2.45) is 0 Å². The number of thiocarbonyl (C=S) groups is 1. The molecule has 1 aromatic rings. The van der Waals surface area contributed by atoms with Crippen LogP contribution in [0.25, 0.3) is 0 Å². The molecule has 150 valence electrons. The van der Waals surface area contributed by atoms with Gasteiger partial charge in [-0.2, -0.15) is 8.78 Å². The molecular formula is C17H22F2N2O4S2. The summed E-state index contributed by atoms with van der Waals surface area (Å²) in [5.41, 5.74) is 0.611. The molecule has 2 saturated heterocycles. The zero-order chi connectivity index (χ0) is 19.4. The van der Waals surface area contributed by atoms with Gasteiger partial charge in [-0.1, -0.05) is 0 Å². The zero-order valence-electron chi connectivity index (χ0n) is 14.6. The lowest BCUT2D eigenvalue weighted by Gasteiger charge is -2.33. The van der Waals surface area contributed by atoms with E-state index in [2.05, 4.69) is 10.1 Å². The molecule has 2 atom stereocenters. The van der Waals surface area contributed by atoms with Gasteiger partial charge >= 0.3 is 6.61 Å². The quantitative estimate of drug-likeness (QED) is 0.710. The monoisotopic (exact) mass is 420 g/mol. The van der Waals surface area contributed by atoms with Gasteiger partial charge in [0.25, 0.3) is 0 Å². The van der Waals surface area contributed by atoms with Crippen LogP contribution in [-0.2, 0) is 14.6 Å². The molecule has 2 aliphatic heterocycles. The van der Waals surface area contributed by atoms with Crippen LogP contribution >= 0.6 is 12.2 Å². The Kier molecular flexibility index (Phi) is 6.48. The number of nitrogens with one attached hydrogen (secondary N) is 1. The molecular weight excluding hydrogens is 398 g/mol. The van der Waals surface area contributed by atoms with Crippen LogP contribution in [0.1, 0.15) is 19.3 Å². The second kappa shape index (κ2) is 8.66. The number of hydrogen-bond acceptors (Lipinski definition) is 5. The molecule has 1 aromatic carbocycles. The number of hydrogen-bond donors (Lipinski definition) is 1. The lowest BCUT2D eigenvalue weighted by Crippen LogP contribution is -2.47. The fraction of sp³-hybridized carbons (Fsp3) is 0.588. The minimum Gasteiger partial charge on any atom is -0.435 e. The first-order chi connectivity index (χ1) is 12.8. The maximum absolute atomic E-state index is 12.2. The zero-order valence-corrected chi connectivity index (χ0v) is 16.3. The van der Waals surface area contributed by atoms with Crippen LogP contribution < -0.4 is 10.1 Å². The first-order valence-corrected chi connectivity index (χ1v) is 11.0. The molecule has 2 aliphatic rings. The van der Waals surface area contributed by atoms with Crippen molar-refractivity contribution in [1.82, 2.24) is 4.90 Å². The Bertz CT molecular complexity index is 753. The van der Waals surface area contributed by atoms with Gasteiger partial charge in [0.05, 0.1) is 17.6 Å². The van der Waals surface area contributed by atoms with E-state index in [4.69, 9.17) is 17.0 Å². The molecule has 2 heterocycles. The molecule has 6 nitrogen and oxygen atoms in total. The van der Waals surface area contributed by atoms with E-state index in [0.717, 1.165) is 12.8 Å². The van der Waals surface area contributed by atoms with E-state index < -0.39 is 16.4 Å². The summed E-state index contributed by atoms with van der Waals surface area (Å²) in [4.78, 5) is 1.89. The van der Waals surface area contributed by atoms with Gasteiger partial charge in [-0.15, -0.1) is 0 Å². The number of nitrogens with zero attached hydrogens (tertiary/aromatic N) is 1. The Morgan fingerprint density at radius 2 is 2.07 bits per heavy atom. The highest BCUT2D eigenvalue weighted by Crippen LogP contribution is 2.23. The van der Waals surface area contributed by atoms with Gasteiger partial charge in [-0.05, 0) is 55.7 Å². The van der Waals surface area contributed by atoms with Gasteiger partial charge in [-0.25, -0.2) is 8.42 Å². The predicted molar refractivity (Wildman–Crippen MR) is 102 cm³/mol. The minimum absolute atomic E-state index is 0.0230. The van der Waals surface area contributed by atoms with Crippen LogP contribution in [-0.4, -0.2) is 61.8 Å². The van der Waals surface area contributed by atoms with E-state index in [1.807, 2.05) is 4.90 Å². The molecule has 27 heavy (non-hydrogen) atoms. The molecule has 0 aromatic heterocycles. The van der Waals surface area contributed by atoms with Crippen molar-refractivity contribution < 1.29 is 26.7 Å². The number of anilines is 1. The number of halogens is 2. The van der Waals surface area contributed by atoms with Crippen LogP contribution in [0.3, 0.4) is 0 Å². The Morgan fingerprint density at radius 3 is 2.63 bits per heavy atom. The number of benzene rings is 1. The summed E-state index contributed by atoms with van der Waals surface area (Å²) >= 11 is 5.52. The van der Waals surface area contributed by atoms with Crippen LogP contribution in [0.5, 0.6) is 5.75 Å². The highest BCUT2D eigenvalue weighted by molar-refractivity contribution is 7.91. The van der Waals surface area contributed by atoms with E-state index in [1.165, 1.54) is 12.1 Å². The fourth-order valence-electron chi connectivity index (χ4n) is 3.34. The van der Waals surface area contributed by atoms with E-state index in [-0.39, 0.29) is 29.4 Å². The van der Waals surface area contributed by atoms with Crippen LogP contribution in [0, 0.1) is 0 Å². The maximum atomic E-state index is 12.2. The van der Waals surface area contributed by atoms with Crippen molar-refractivity contribution in [2.75, 3.05) is 30.0 Å². The lowest BCUT2D eigenvalue weighted by molar-refractivity contribution is -0.0498. The highest BCUT2D eigenvalue weighted by Gasteiger charge is 2.35. The average Bonchev–Trinajstić information content (AvgIpc) is 3.23. The van der Waals surface area contributed by atoms with Crippen molar-refractivity contribution in [1.29, 1.82) is 0 Å². The third-order valence-electron chi connectivity index (χ3n) is 4.67. The molecule has 2 fully saturated rings. The highest BCUT2D eigenvalue weighted by atomic mass is 32.2. The number of alkyl halides is 2. The smallest absolute Gasteiger partial charge is 0.387 e. The summed E-state index contributed by atoms with van der Waals surface area (Å²) in [6, 6.07) is 5.81. The van der Waals surface area contributed by atoms with Gasteiger partial charge in [0.1, 0.15) is 5.75 Å². The Balaban J connectivity index is 1.68. The predicted octanol–water partition coefficient (Wildman–Crippen LogP) is 2.65. The Hall–Kier alpha value is -1.52. The first kappa shape index (κ1) is 20.2. The summed E-state index contributed by atoms with van der Waals surface area (Å²) in [6.45, 7) is -1.65. The Labute approximate surface area is 162 Å². The van der Waals surface area contributed by atoms with Crippen LogP contribution in [0.15, 0.2) is 24.3 Å². The second-order valence-electron chi connectivity index (χ2n) is 6.68. The molecule has 0 unspecified atom stereocenters. The molecule has 0 radical (unpaired) electrons. The van der Waals surface area contributed by atoms with Crippen molar-refractivity contribution in [2.45, 2.75) is 38.0 Å². The molecule has 0 spiro atoms. The summed E-state index contributed by atoms with van der Waals surface area (Å²) < 4.78 is 58.3. The molecule has 0 aliphatic carbocycles. The standard InChI is InChI=1S/C17H22F2N2O4S2/c18-16(19)25-14-5-3-12(4-6-14)20-17(26)21(10-15-2-1-8-24-15)13-7-9-27(22,23)11-13/h3-6,13,15-16H,1-2,7-11H2,(H,20,26)/t13-,15-/m0/s1. The summed E-state index contributed by atoms with van der Waals surface area (Å²) in [6.07, 6.45) is 2.44. The van der Waals surface area contributed by atoms with Crippen molar-refractivity contribution in [3.63, 3.8) is 0 Å². The average molecular weight is 421 g/mol.